The third-order valence-electron chi connectivity index (χ3n) is 5.34. The highest BCUT2D eigenvalue weighted by molar-refractivity contribution is 6.00. The minimum Gasteiger partial charge on any atom is -0.466 e. The first-order valence-electron chi connectivity index (χ1n) is 10.5. The van der Waals surface area contributed by atoms with Crippen LogP contribution in [0.2, 0.25) is 0 Å². The maximum absolute atomic E-state index is 12.6. The van der Waals surface area contributed by atoms with Gasteiger partial charge in [0.1, 0.15) is 0 Å². The summed E-state index contributed by atoms with van der Waals surface area (Å²) in [6, 6.07) is 13.2. The van der Waals surface area contributed by atoms with Crippen LogP contribution in [0.25, 0.3) is 0 Å². The van der Waals surface area contributed by atoms with Crippen molar-refractivity contribution in [3.05, 3.63) is 70.9 Å². The van der Waals surface area contributed by atoms with Gasteiger partial charge in [0.05, 0.1) is 18.7 Å². The molecule has 0 saturated carbocycles. The third-order valence-corrected chi connectivity index (χ3v) is 5.34. The molecule has 0 aromatic heterocycles. The number of methoxy groups -OCH3 is 1. The largest absolute Gasteiger partial charge is 0.466 e. The Morgan fingerprint density at radius 3 is 2.38 bits per heavy atom. The fourth-order valence-corrected chi connectivity index (χ4v) is 3.66. The van der Waals surface area contributed by atoms with E-state index >= 15 is 0 Å². The predicted molar refractivity (Wildman–Crippen MR) is 123 cm³/mol. The summed E-state index contributed by atoms with van der Waals surface area (Å²) < 4.78 is 4.98. The van der Waals surface area contributed by atoms with Crippen molar-refractivity contribution in [2.75, 3.05) is 24.3 Å². The van der Waals surface area contributed by atoms with Crippen LogP contribution in [0.3, 0.4) is 0 Å². The number of anilines is 2. The van der Waals surface area contributed by atoms with E-state index in [1.165, 1.54) is 7.11 Å². The van der Waals surface area contributed by atoms with E-state index in [4.69, 9.17) is 4.74 Å². The second-order valence-electron chi connectivity index (χ2n) is 7.54. The number of hydrogen-bond donors (Lipinski definition) is 3. The van der Waals surface area contributed by atoms with Crippen LogP contribution in [-0.4, -0.2) is 36.6 Å². The molecule has 32 heavy (non-hydrogen) atoms. The molecule has 0 saturated heterocycles. The van der Waals surface area contributed by atoms with Gasteiger partial charge in [0.2, 0.25) is 0 Å². The molecule has 0 radical (unpaired) electrons. The molecule has 1 atom stereocenters. The molecule has 168 valence electrons. The predicted octanol–water partition coefficient (Wildman–Crippen LogP) is 4.56. The topological polar surface area (TPSA) is 99.8 Å². The van der Waals surface area contributed by atoms with Gasteiger partial charge in [-0.3, -0.25) is 4.90 Å². The summed E-state index contributed by atoms with van der Waals surface area (Å²) >= 11 is 0. The second-order valence-corrected chi connectivity index (χ2v) is 7.54. The highest BCUT2D eigenvalue weighted by Crippen LogP contribution is 2.32. The molecule has 0 aliphatic carbocycles. The molecular formula is C24H28N4O4. The second kappa shape index (κ2) is 10.00. The minimum atomic E-state index is -0.641. The van der Waals surface area contributed by atoms with Crippen molar-refractivity contribution < 1.29 is 19.1 Å². The number of nitrogens with one attached hydrogen (secondary N) is 3. The zero-order valence-corrected chi connectivity index (χ0v) is 18.7. The molecule has 1 unspecified atom stereocenters. The van der Waals surface area contributed by atoms with Crippen LogP contribution in [0.15, 0.2) is 59.8 Å². The van der Waals surface area contributed by atoms with Gasteiger partial charge in [0, 0.05) is 23.6 Å². The number of carbonyl (C=O) groups excluding carboxylic acids is 3. The molecule has 4 amide bonds. The molecule has 0 fully saturated rings. The number of rotatable bonds is 6. The Kier molecular flexibility index (Phi) is 7.14. The van der Waals surface area contributed by atoms with Crippen LogP contribution < -0.4 is 16.0 Å². The number of benzene rings is 2. The normalized spacial score (nSPS) is 15.8. The monoisotopic (exact) mass is 436 g/mol. The summed E-state index contributed by atoms with van der Waals surface area (Å²) in [4.78, 5) is 39.0. The third kappa shape index (κ3) is 4.91. The highest BCUT2D eigenvalue weighted by Gasteiger charge is 2.35. The van der Waals surface area contributed by atoms with Crippen molar-refractivity contribution in [1.82, 2.24) is 10.2 Å². The number of aryl methyl sites for hydroxylation is 1. The minimum absolute atomic E-state index is 0.262. The van der Waals surface area contributed by atoms with Crippen LogP contribution in [-0.2, 0) is 9.53 Å². The lowest BCUT2D eigenvalue weighted by molar-refractivity contribution is -0.136. The van der Waals surface area contributed by atoms with Gasteiger partial charge in [-0.2, -0.15) is 0 Å². The zero-order chi connectivity index (χ0) is 23.3. The number of urea groups is 2. The molecule has 1 aliphatic heterocycles. The molecule has 3 rings (SSSR count). The Morgan fingerprint density at radius 1 is 1.06 bits per heavy atom. The van der Waals surface area contributed by atoms with Crippen molar-refractivity contribution in [2.24, 2.45) is 0 Å². The molecule has 0 bridgehead atoms. The number of ether oxygens (including phenoxy) is 1. The number of para-hydroxylation sites is 1. The van der Waals surface area contributed by atoms with Crippen molar-refractivity contribution in [2.45, 2.75) is 33.2 Å². The van der Waals surface area contributed by atoms with Crippen molar-refractivity contribution >= 4 is 29.4 Å². The number of nitrogens with zero attached hydrogens (tertiary/aromatic N) is 1. The standard InChI is InChI=1S/C24H28N4O4/c1-5-14-28-16(3)20(22(29)32-4)21(27-24(28)31)17-10-12-18(13-11-17)25-23(30)26-19-9-7-6-8-15(19)2/h6-13,21H,5,14H2,1-4H3,(H,27,31)(H2,25,26,30). The Balaban J connectivity index is 1.79. The maximum atomic E-state index is 12.6. The number of esters is 1. The smallest absolute Gasteiger partial charge is 0.337 e. The first kappa shape index (κ1) is 22.9. The van der Waals surface area contributed by atoms with E-state index in [0.717, 1.165) is 17.7 Å². The van der Waals surface area contributed by atoms with E-state index in [0.29, 0.717) is 29.1 Å². The lowest BCUT2D eigenvalue weighted by Gasteiger charge is -2.35. The Labute approximate surface area is 187 Å². The molecule has 0 spiro atoms. The highest BCUT2D eigenvalue weighted by atomic mass is 16.5. The SMILES string of the molecule is CCCN1C(=O)NC(c2ccc(NC(=O)Nc3ccccc3C)cc2)C(C(=O)OC)=C1C. The van der Waals surface area contributed by atoms with Crippen molar-refractivity contribution in [1.29, 1.82) is 0 Å². The summed E-state index contributed by atoms with van der Waals surface area (Å²) in [5, 5.41) is 8.49. The Morgan fingerprint density at radius 2 is 1.75 bits per heavy atom. The van der Waals surface area contributed by atoms with Gasteiger partial charge in [-0.1, -0.05) is 37.3 Å². The maximum Gasteiger partial charge on any atom is 0.337 e. The number of amides is 4. The van der Waals surface area contributed by atoms with Gasteiger partial charge in [0.25, 0.3) is 0 Å². The molecule has 1 heterocycles. The molecule has 8 nitrogen and oxygen atoms in total. The summed E-state index contributed by atoms with van der Waals surface area (Å²) in [6.45, 7) is 6.13. The molecule has 2 aromatic carbocycles. The molecule has 3 N–H and O–H groups in total. The van der Waals surface area contributed by atoms with Gasteiger partial charge in [-0.15, -0.1) is 0 Å². The lowest BCUT2D eigenvalue weighted by Crippen LogP contribution is -2.48. The van der Waals surface area contributed by atoms with Gasteiger partial charge >= 0.3 is 18.0 Å². The van der Waals surface area contributed by atoms with Crippen LogP contribution in [0.5, 0.6) is 0 Å². The summed E-state index contributed by atoms with van der Waals surface area (Å²) in [5.74, 6) is -0.492. The van der Waals surface area contributed by atoms with E-state index < -0.39 is 12.0 Å². The van der Waals surface area contributed by atoms with E-state index in [2.05, 4.69) is 16.0 Å². The quantitative estimate of drug-likeness (QED) is 0.578. The first-order valence-corrected chi connectivity index (χ1v) is 10.5. The summed E-state index contributed by atoms with van der Waals surface area (Å²) in [5.41, 5.74) is 3.94. The first-order chi connectivity index (χ1) is 15.3. The number of carbonyl (C=O) groups is 3. The Hall–Kier alpha value is -3.81. The van der Waals surface area contributed by atoms with E-state index in [9.17, 15) is 14.4 Å². The van der Waals surface area contributed by atoms with Gasteiger partial charge in [-0.05, 0) is 49.6 Å². The van der Waals surface area contributed by atoms with Crippen LogP contribution in [0.1, 0.15) is 37.4 Å². The molecule has 1 aliphatic rings. The summed E-state index contributed by atoms with van der Waals surface area (Å²) in [7, 11) is 1.32. The van der Waals surface area contributed by atoms with Crippen molar-refractivity contribution in [3.63, 3.8) is 0 Å². The molecular weight excluding hydrogens is 408 g/mol. The van der Waals surface area contributed by atoms with Crippen LogP contribution >= 0.6 is 0 Å². The molecule has 8 heteroatoms. The van der Waals surface area contributed by atoms with Crippen LogP contribution in [0, 0.1) is 6.92 Å². The lowest BCUT2D eigenvalue weighted by atomic mass is 9.94. The molecule has 2 aromatic rings. The Bertz CT molecular complexity index is 1050. The fourth-order valence-electron chi connectivity index (χ4n) is 3.66. The average Bonchev–Trinajstić information content (AvgIpc) is 2.78. The van der Waals surface area contributed by atoms with E-state index in [1.54, 1.807) is 36.1 Å². The van der Waals surface area contributed by atoms with Gasteiger partial charge in [0.15, 0.2) is 0 Å². The van der Waals surface area contributed by atoms with E-state index in [1.807, 2.05) is 38.1 Å². The zero-order valence-electron chi connectivity index (χ0n) is 18.7. The number of allylic oxidation sites excluding steroid dienone is 1. The van der Waals surface area contributed by atoms with Gasteiger partial charge < -0.3 is 20.7 Å². The number of hydrogen-bond acceptors (Lipinski definition) is 4. The van der Waals surface area contributed by atoms with Crippen LogP contribution in [0.4, 0.5) is 21.0 Å². The van der Waals surface area contributed by atoms with Gasteiger partial charge in [-0.25, -0.2) is 14.4 Å². The van der Waals surface area contributed by atoms with E-state index in [-0.39, 0.29) is 12.1 Å². The van der Waals surface area contributed by atoms with Crippen molar-refractivity contribution in [3.8, 4) is 0 Å². The fraction of sp³-hybridized carbons (Fsp3) is 0.292. The average molecular weight is 437 g/mol. The summed E-state index contributed by atoms with van der Waals surface area (Å²) in [6.07, 6.45) is 0.759.